The Bertz CT molecular complexity index is 300. The Hall–Kier alpha value is -1.03. The highest BCUT2D eigenvalue weighted by molar-refractivity contribution is 5.49. The molecule has 0 aromatic carbocycles. The molecule has 1 saturated carbocycles. The molecule has 0 radical (unpaired) electrons. The maximum atomic E-state index is 4.24. The van der Waals surface area contributed by atoms with Gasteiger partial charge in [-0.05, 0) is 12.8 Å². The van der Waals surface area contributed by atoms with Crippen LogP contribution in [0.15, 0.2) is 0 Å². The van der Waals surface area contributed by atoms with Crippen molar-refractivity contribution < 1.29 is 0 Å². The molecule has 2 aliphatic rings. The minimum absolute atomic E-state index is 0.693. The zero-order valence-electron chi connectivity index (χ0n) is 6.85. The maximum absolute atomic E-state index is 4.24. The van der Waals surface area contributed by atoms with Crippen LogP contribution >= 0.6 is 0 Å². The number of nitrogens with zero attached hydrogens (tertiary/aromatic N) is 1. The van der Waals surface area contributed by atoms with Gasteiger partial charge in [0.2, 0.25) is 0 Å². The quantitative estimate of drug-likeness (QED) is 0.599. The topological polar surface area (TPSA) is 52.7 Å². The average molecular weight is 164 g/mol. The van der Waals surface area contributed by atoms with Gasteiger partial charge in [0.05, 0.1) is 5.69 Å². The summed E-state index contributed by atoms with van der Waals surface area (Å²) in [6, 6.07) is 0.693. The maximum Gasteiger partial charge on any atom is 0.152 e. The molecule has 0 amide bonds. The molecule has 0 spiro atoms. The van der Waals surface area contributed by atoms with E-state index in [1.807, 2.05) is 0 Å². The van der Waals surface area contributed by atoms with Crippen LogP contribution in [0.2, 0.25) is 0 Å². The predicted molar refractivity (Wildman–Crippen MR) is 45.8 cm³/mol. The number of aromatic amines is 1. The lowest BCUT2D eigenvalue weighted by Gasteiger charge is -2.00. The molecule has 0 saturated heterocycles. The van der Waals surface area contributed by atoms with Crippen molar-refractivity contribution in [1.82, 2.24) is 15.5 Å². The average Bonchev–Trinajstić information content (AvgIpc) is 2.63. The fourth-order valence-electron chi connectivity index (χ4n) is 1.59. The van der Waals surface area contributed by atoms with E-state index in [0.29, 0.717) is 6.04 Å². The molecule has 1 aromatic heterocycles. The summed E-state index contributed by atoms with van der Waals surface area (Å²) in [6.07, 6.45) is 2.60. The highest BCUT2D eigenvalue weighted by Gasteiger charge is 2.25. The van der Waals surface area contributed by atoms with Crippen molar-refractivity contribution in [3.63, 3.8) is 0 Å². The predicted octanol–water partition coefficient (Wildman–Crippen LogP) is 0.587. The molecule has 0 atom stereocenters. The first-order valence-corrected chi connectivity index (χ1v) is 4.47. The number of hydrogen-bond donors (Lipinski definition) is 3. The molecule has 64 valence electrons. The molecule has 1 aliphatic carbocycles. The van der Waals surface area contributed by atoms with Crippen LogP contribution in [0.3, 0.4) is 0 Å². The highest BCUT2D eigenvalue weighted by atomic mass is 15.2. The zero-order valence-corrected chi connectivity index (χ0v) is 6.85. The van der Waals surface area contributed by atoms with E-state index in [1.165, 1.54) is 24.1 Å². The van der Waals surface area contributed by atoms with E-state index < -0.39 is 0 Å². The lowest BCUT2D eigenvalue weighted by Crippen LogP contribution is -2.06. The van der Waals surface area contributed by atoms with E-state index in [4.69, 9.17) is 0 Å². The van der Waals surface area contributed by atoms with E-state index >= 15 is 0 Å². The summed E-state index contributed by atoms with van der Waals surface area (Å²) in [5.41, 5.74) is 2.58. The van der Waals surface area contributed by atoms with Gasteiger partial charge < -0.3 is 10.6 Å². The van der Waals surface area contributed by atoms with Gasteiger partial charge in [-0.1, -0.05) is 0 Å². The van der Waals surface area contributed by atoms with Crippen LogP contribution in [0.4, 0.5) is 5.82 Å². The van der Waals surface area contributed by atoms with Crippen LogP contribution in [-0.4, -0.2) is 16.2 Å². The molecule has 12 heavy (non-hydrogen) atoms. The molecule has 0 bridgehead atoms. The third-order valence-electron chi connectivity index (χ3n) is 2.47. The molecular weight excluding hydrogens is 152 g/mol. The lowest BCUT2D eigenvalue weighted by molar-refractivity contribution is 0.742. The van der Waals surface area contributed by atoms with Gasteiger partial charge in [-0.25, -0.2) is 0 Å². The van der Waals surface area contributed by atoms with Crippen molar-refractivity contribution in [3.8, 4) is 0 Å². The minimum atomic E-state index is 0.693. The molecule has 4 heteroatoms. The van der Waals surface area contributed by atoms with Crippen LogP contribution in [0.1, 0.15) is 24.1 Å². The van der Waals surface area contributed by atoms with Gasteiger partial charge in [0, 0.05) is 24.7 Å². The second kappa shape index (κ2) is 2.23. The van der Waals surface area contributed by atoms with Gasteiger partial charge in [0.1, 0.15) is 0 Å². The van der Waals surface area contributed by atoms with Crippen molar-refractivity contribution in [3.05, 3.63) is 11.3 Å². The molecule has 4 nitrogen and oxygen atoms in total. The van der Waals surface area contributed by atoms with E-state index in [0.717, 1.165) is 18.9 Å². The van der Waals surface area contributed by atoms with E-state index in [-0.39, 0.29) is 0 Å². The summed E-state index contributed by atoms with van der Waals surface area (Å²) in [5, 5.41) is 14.0. The Kier molecular flexibility index (Phi) is 1.20. The Balaban J connectivity index is 1.88. The molecular formula is C8H12N4. The van der Waals surface area contributed by atoms with Crippen molar-refractivity contribution >= 4 is 5.82 Å². The largest absolute Gasteiger partial charge is 0.366 e. The van der Waals surface area contributed by atoms with E-state index in [2.05, 4.69) is 20.8 Å². The van der Waals surface area contributed by atoms with Gasteiger partial charge in [-0.15, -0.1) is 0 Å². The number of aromatic nitrogens is 2. The first-order valence-electron chi connectivity index (χ1n) is 4.47. The van der Waals surface area contributed by atoms with Crippen LogP contribution < -0.4 is 10.6 Å². The molecule has 2 heterocycles. The van der Waals surface area contributed by atoms with Crippen LogP contribution in [0.5, 0.6) is 0 Å². The van der Waals surface area contributed by atoms with Crippen molar-refractivity contribution in [2.45, 2.75) is 32.0 Å². The summed E-state index contributed by atoms with van der Waals surface area (Å²) in [6.45, 7) is 1.90. The summed E-state index contributed by atoms with van der Waals surface area (Å²) >= 11 is 0. The normalized spacial score (nSPS) is 21.0. The second-order valence-corrected chi connectivity index (χ2v) is 3.55. The van der Waals surface area contributed by atoms with Crippen LogP contribution in [0, 0.1) is 0 Å². The molecule has 3 rings (SSSR count). The van der Waals surface area contributed by atoms with Crippen LogP contribution in [0.25, 0.3) is 0 Å². The summed E-state index contributed by atoms with van der Waals surface area (Å²) < 4.78 is 0. The summed E-state index contributed by atoms with van der Waals surface area (Å²) in [4.78, 5) is 0. The second-order valence-electron chi connectivity index (χ2n) is 3.55. The zero-order chi connectivity index (χ0) is 7.97. The van der Waals surface area contributed by atoms with Gasteiger partial charge in [-0.3, -0.25) is 5.10 Å². The lowest BCUT2D eigenvalue weighted by atomic mass is 10.3. The third-order valence-corrected chi connectivity index (χ3v) is 2.47. The Morgan fingerprint density at radius 2 is 2.25 bits per heavy atom. The number of hydrogen-bond acceptors (Lipinski definition) is 3. The number of nitrogens with one attached hydrogen (secondary N) is 3. The Morgan fingerprint density at radius 1 is 1.33 bits per heavy atom. The Labute approximate surface area is 70.7 Å². The van der Waals surface area contributed by atoms with Crippen molar-refractivity contribution in [2.24, 2.45) is 0 Å². The van der Waals surface area contributed by atoms with Gasteiger partial charge in [0.15, 0.2) is 5.82 Å². The van der Waals surface area contributed by atoms with Crippen molar-refractivity contribution in [2.75, 3.05) is 5.32 Å². The summed E-state index contributed by atoms with van der Waals surface area (Å²) in [7, 11) is 0. The Morgan fingerprint density at radius 3 is 3.08 bits per heavy atom. The number of H-pyrrole nitrogens is 1. The molecule has 1 fully saturated rings. The first kappa shape index (κ1) is 6.48. The van der Waals surface area contributed by atoms with Gasteiger partial charge >= 0.3 is 0 Å². The minimum Gasteiger partial charge on any atom is -0.366 e. The van der Waals surface area contributed by atoms with Crippen LogP contribution in [-0.2, 0) is 13.1 Å². The third kappa shape index (κ3) is 0.914. The van der Waals surface area contributed by atoms with Crippen molar-refractivity contribution in [1.29, 1.82) is 0 Å². The number of rotatable bonds is 2. The summed E-state index contributed by atoms with van der Waals surface area (Å²) in [5.74, 6) is 1.07. The van der Waals surface area contributed by atoms with Gasteiger partial charge in [0.25, 0.3) is 0 Å². The number of anilines is 1. The molecule has 1 aliphatic heterocycles. The fourth-order valence-corrected chi connectivity index (χ4v) is 1.59. The number of fused-ring (bicyclic) bond motifs is 1. The first-order chi connectivity index (χ1) is 5.93. The standard InChI is InChI=1S/C8H12N4/c1-2-5(1)10-8-6-3-9-4-7(6)11-12-8/h5,9H,1-4H2,(H2,10,11,12). The van der Waals surface area contributed by atoms with Gasteiger partial charge in [-0.2, -0.15) is 5.10 Å². The SMILES string of the molecule is C1NCc2c(NC3CC3)n[nH]c21. The smallest absolute Gasteiger partial charge is 0.152 e. The highest BCUT2D eigenvalue weighted by Crippen LogP contribution is 2.28. The fraction of sp³-hybridized carbons (Fsp3) is 0.625. The monoisotopic (exact) mass is 164 g/mol. The van der Waals surface area contributed by atoms with E-state index in [9.17, 15) is 0 Å². The molecule has 0 unspecified atom stereocenters. The molecule has 1 aromatic rings. The molecule has 3 N–H and O–H groups in total. The van der Waals surface area contributed by atoms with E-state index in [1.54, 1.807) is 0 Å².